The van der Waals surface area contributed by atoms with Crippen LogP contribution in [-0.4, -0.2) is 13.8 Å². The summed E-state index contributed by atoms with van der Waals surface area (Å²) >= 11 is 13.4. The van der Waals surface area contributed by atoms with Crippen molar-refractivity contribution in [1.82, 2.24) is 0 Å². The smallest absolute Gasteiger partial charge is 0.247 e. The SMILES string of the molecule is Cc1ccc(Nc2ccc3c(c2)B(c2c(C(C)C)cc(C(C)C)cc2C(C)C)c2cc(Nc4ccc(C)cc4Cl)ccc2N3C)c(Cl)c1. The minimum Gasteiger partial charge on any atom is -0.354 e. The maximum Gasteiger partial charge on any atom is 0.247 e. The zero-order valence-electron chi connectivity index (χ0n) is 29.6. The lowest BCUT2D eigenvalue weighted by Gasteiger charge is -2.37. The molecule has 0 saturated heterocycles. The maximum absolute atomic E-state index is 6.71. The van der Waals surface area contributed by atoms with Crippen LogP contribution in [0.25, 0.3) is 0 Å². The highest BCUT2D eigenvalue weighted by Gasteiger charge is 2.37. The average Bonchev–Trinajstić information content (AvgIpc) is 3.03. The zero-order valence-corrected chi connectivity index (χ0v) is 31.1. The Morgan fingerprint density at radius 1 is 0.562 bits per heavy atom. The van der Waals surface area contributed by atoms with Gasteiger partial charge >= 0.3 is 0 Å². The van der Waals surface area contributed by atoms with Crippen molar-refractivity contribution < 1.29 is 0 Å². The van der Waals surface area contributed by atoms with Crippen molar-refractivity contribution in [3.8, 4) is 0 Å². The van der Waals surface area contributed by atoms with E-state index >= 15 is 0 Å². The summed E-state index contributed by atoms with van der Waals surface area (Å²) in [4.78, 5) is 2.33. The molecule has 1 aliphatic heterocycles. The highest BCUT2D eigenvalue weighted by Crippen LogP contribution is 2.35. The van der Waals surface area contributed by atoms with Crippen LogP contribution in [0.1, 0.15) is 87.1 Å². The number of fused-ring (bicyclic) bond motifs is 2. The number of hydrogen-bond acceptors (Lipinski definition) is 3. The predicted octanol–water partition coefficient (Wildman–Crippen LogP) is 11.1. The normalized spacial score (nSPS) is 12.5. The molecule has 0 spiro atoms. The predicted molar refractivity (Wildman–Crippen MR) is 213 cm³/mol. The number of benzene rings is 5. The van der Waals surface area contributed by atoms with Gasteiger partial charge in [0.25, 0.3) is 0 Å². The second-order valence-corrected chi connectivity index (χ2v) is 15.1. The number of halogens is 2. The van der Waals surface area contributed by atoms with Crippen LogP contribution in [0.2, 0.25) is 10.0 Å². The molecule has 5 aromatic carbocycles. The van der Waals surface area contributed by atoms with Crippen LogP contribution in [0.5, 0.6) is 0 Å². The van der Waals surface area contributed by atoms with E-state index in [-0.39, 0.29) is 6.71 Å². The number of hydrogen-bond donors (Lipinski definition) is 2. The molecule has 6 rings (SSSR count). The van der Waals surface area contributed by atoms with Crippen molar-refractivity contribution in [3.63, 3.8) is 0 Å². The van der Waals surface area contributed by atoms with E-state index in [1.54, 1.807) is 0 Å². The molecule has 0 amide bonds. The molecule has 1 aliphatic rings. The summed E-state index contributed by atoms with van der Waals surface area (Å²) in [6.07, 6.45) is 0. The molecule has 0 unspecified atom stereocenters. The van der Waals surface area contributed by atoms with Gasteiger partial charge in [0.05, 0.1) is 21.4 Å². The topological polar surface area (TPSA) is 27.3 Å². The molecule has 0 bridgehead atoms. The van der Waals surface area contributed by atoms with Gasteiger partial charge in [-0.3, -0.25) is 0 Å². The highest BCUT2D eigenvalue weighted by atomic mass is 35.5. The summed E-state index contributed by atoms with van der Waals surface area (Å²) in [7, 11) is 2.18. The van der Waals surface area contributed by atoms with E-state index in [2.05, 4.69) is 151 Å². The maximum atomic E-state index is 6.71. The molecule has 5 aromatic rings. The van der Waals surface area contributed by atoms with Gasteiger partial charge in [-0.1, -0.05) is 94.5 Å². The first-order valence-electron chi connectivity index (χ1n) is 17.1. The Balaban J connectivity index is 1.60. The Kier molecular flexibility index (Phi) is 9.62. The van der Waals surface area contributed by atoms with Crippen LogP contribution in [0, 0.1) is 13.8 Å². The van der Waals surface area contributed by atoms with E-state index in [1.807, 2.05) is 12.1 Å². The third-order valence-electron chi connectivity index (χ3n) is 9.67. The molecular weight excluding hydrogens is 628 g/mol. The average molecular weight is 675 g/mol. The first-order chi connectivity index (χ1) is 22.8. The highest BCUT2D eigenvalue weighted by molar-refractivity contribution is 6.98. The third-order valence-corrected chi connectivity index (χ3v) is 10.3. The molecule has 48 heavy (non-hydrogen) atoms. The molecule has 2 N–H and O–H groups in total. The molecule has 1 heterocycles. The zero-order chi connectivity index (χ0) is 34.4. The molecule has 0 radical (unpaired) electrons. The van der Waals surface area contributed by atoms with Gasteiger partial charge in [-0.15, -0.1) is 0 Å². The fraction of sp³-hybridized carbons (Fsp3) is 0.286. The largest absolute Gasteiger partial charge is 0.354 e. The number of aryl methyl sites for hydroxylation is 2. The Bertz CT molecular complexity index is 1860. The lowest BCUT2D eigenvalue weighted by atomic mass is 9.33. The standard InChI is InChI=1S/C42H46BCl2N3/c1-24(2)29-20-32(25(3)4)42(33(21-29)26(5)6)43-34-22-30(46-38-14-10-27(7)18-36(38)44)12-16-40(34)48(9)41-17-13-31(23-35(41)43)47-39-15-11-28(8)19-37(39)45/h10-26,46-47H,1-9H3. The second-order valence-electron chi connectivity index (χ2n) is 14.3. The van der Waals surface area contributed by atoms with Gasteiger partial charge in [-0.2, -0.15) is 0 Å². The van der Waals surface area contributed by atoms with Crippen LogP contribution in [0.3, 0.4) is 0 Å². The van der Waals surface area contributed by atoms with Crippen LogP contribution in [-0.2, 0) is 0 Å². The molecular formula is C42H46BCl2N3. The van der Waals surface area contributed by atoms with Gasteiger partial charge in [-0.05, 0) is 131 Å². The second kappa shape index (κ2) is 13.6. The summed E-state index contributed by atoms with van der Waals surface area (Å²) in [5.41, 5.74) is 16.7. The molecule has 0 atom stereocenters. The van der Waals surface area contributed by atoms with Gasteiger partial charge in [-0.25, -0.2) is 0 Å². The minimum absolute atomic E-state index is 0.00712. The summed E-state index contributed by atoms with van der Waals surface area (Å²) in [5, 5.41) is 8.70. The third kappa shape index (κ3) is 6.58. The fourth-order valence-corrected chi connectivity index (χ4v) is 7.61. The summed E-state index contributed by atoms with van der Waals surface area (Å²) in [6, 6.07) is 30.7. The van der Waals surface area contributed by atoms with E-state index in [0.717, 1.165) is 33.9 Å². The van der Waals surface area contributed by atoms with Crippen molar-refractivity contribution in [2.45, 2.75) is 73.1 Å². The van der Waals surface area contributed by atoms with Gasteiger partial charge in [0.1, 0.15) is 0 Å². The van der Waals surface area contributed by atoms with Crippen molar-refractivity contribution in [2.75, 3.05) is 22.6 Å². The molecule has 246 valence electrons. The molecule has 0 fully saturated rings. The van der Waals surface area contributed by atoms with Gasteiger partial charge < -0.3 is 15.5 Å². The van der Waals surface area contributed by atoms with E-state index in [1.165, 1.54) is 44.5 Å². The molecule has 3 nitrogen and oxygen atoms in total. The van der Waals surface area contributed by atoms with E-state index in [0.29, 0.717) is 27.8 Å². The van der Waals surface area contributed by atoms with Gasteiger partial charge in [0.15, 0.2) is 0 Å². The van der Waals surface area contributed by atoms with Crippen molar-refractivity contribution in [1.29, 1.82) is 0 Å². The molecule has 6 heteroatoms. The minimum atomic E-state index is 0.00712. The summed E-state index contributed by atoms with van der Waals surface area (Å²) < 4.78 is 0. The van der Waals surface area contributed by atoms with Crippen LogP contribution < -0.4 is 31.9 Å². The van der Waals surface area contributed by atoms with E-state index in [9.17, 15) is 0 Å². The van der Waals surface area contributed by atoms with Crippen molar-refractivity contribution >= 4 is 80.4 Å². The lowest BCUT2D eigenvalue weighted by molar-refractivity contribution is 0.812. The van der Waals surface area contributed by atoms with Crippen molar-refractivity contribution in [3.05, 3.63) is 123 Å². The van der Waals surface area contributed by atoms with Crippen LogP contribution >= 0.6 is 23.2 Å². The first kappa shape index (κ1) is 34.0. The molecule has 0 saturated carbocycles. The van der Waals surface area contributed by atoms with Crippen molar-refractivity contribution in [2.24, 2.45) is 0 Å². The van der Waals surface area contributed by atoms with Crippen LogP contribution in [0.4, 0.5) is 34.1 Å². The summed E-state index contributed by atoms with van der Waals surface area (Å²) in [5.74, 6) is 1.14. The number of nitrogens with one attached hydrogen (secondary N) is 2. The van der Waals surface area contributed by atoms with Gasteiger partial charge in [0, 0.05) is 29.8 Å². The summed E-state index contributed by atoms with van der Waals surface area (Å²) in [6.45, 7) is 18.1. The Hall–Kier alpha value is -3.86. The van der Waals surface area contributed by atoms with Gasteiger partial charge in [0.2, 0.25) is 6.71 Å². The number of rotatable bonds is 8. The van der Waals surface area contributed by atoms with E-state index < -0.39 is 0 Å². The molecule has 0 aromatic heterocycles. The Morgan fingerprint density at radius 2 is 1.00 bits per heavy atom. The number of nitrogens with zero attached hydrogens (tertiary/aromatic N) is 1. The Morgan fingerprint density at radius 3 is 1.38 bits per heavy atom. The first-order valence-corrected chi connectivity index (χ1v) is 17.8. The number of anilines is 6. The lowest BCUT2D eigenvalue weighted by Crippen LogP contribution is -2.59. The Labute approximate surface area is 297 Å². The monoisotopic (exact) mass is 673 g/mol. The molecule has 0 aliphatic carbocycles. The van der Waals surface area contributed by atoms with Crippen LogP contribution in [0.15, 0.2) is 84.9 Å². The van der Waals surface area contributed by atoms with E-state index in [4.69, 9.17) is 23.2 Å². The quantitative estimate of drug-likeness (QED) is 0.161. The fourth-order valence-electron chi connectivity index (χ4n) is 7.05.